The van der Waals surface area contributed by atoms with Crippen LogP contribution in [0.1, 0.15) is 17.5 Å². The lowest BCUT2D eigenvalue weighted by molar-refractivity contribution is -0.142. The Balaban J connectivity index is 1.62. The minimum absolute atomic E-state index is 0.126. The van der Waals surface area contributed by atoms with Crippen LogP contribution in [0.3, 0.4) is 0 Å². The van der Waals surface area contributed by atoms with Crippen LogP contribution in [0.5, 0.6) is 0 Å². The Morgan fingerprint density at radius 1 is 1.08 bits per heavy atom. The number of benzene rings is 2. The molecule has 1 aliphatic heterocycles. The van der Waals surface area contributed by atoms with Crippen LogP contribution in [0.4, 0.5) is 10.5 Å². The zero-order valence-corrected chi connectivity index (χ0v) is 14.3. The number of nitrogens with zero attached hydrogens (tertiary/aromatic N) is 1. The highest BCUT2D eigenvalue weighted by atomic mass is 16.6. The van der Waals surface area contributed by atoms with Gasteiger partial charge in [-0.25, -0.2) is 9.59 Å². The number of carbonyl (C=O) groups excluding carboxylic acids is 2. The first kappa shape index (κ1) is 17.5. The lowest BCUT2D eigenvalue weighted by Gasteiger charge is -2.17. The van der Waals surface area contributed by atoms with Crippen LogP contribution < -0.4 is 10.6 Å². The molecule has 0 bridgehead atoms. The average molecular weight is 351 g/mol. The number of hydrogen-bond acceptors (Lipinski definition) is 4. The average Bonchev–Trinajstić information content (AvgIpc) is 3.09. The molecule has 0 saturated carbocycles. The molecule has 6 nitrogen and oxygen atoms in total. The number of methoxy groups -OCH3 is 1. The molecule has 1 amide bonds. The molecule has 2 aromatic carbocycles. The van der Waals surface area contributed by atoms with Crippen LogP contribution >= 0.6 is 0 Å². The molecular formula is C20H19N2O4. The molecule has 0 fully saturated rings. The summed E-state index contributed by atoms with van der Waals surface area (Å²) in [6, 6.07) is 16.1. The molecule has 1 N–H and O–H groups in total. The van der Waals surface area contributed by atoms with E-state index >= 15 is 0 Å². The van der Waals surface area contributed by atoms with Crippen molar-refractivity contribution in [3.8, 4) is 0 Å². The Hall–Kier alpha value is -3.28. The summed E-state index contributed by atoms with van der Waals surface area (Å²) in [6.45, 7) is 0.126. The summed E-state index contributed by atoms with van der Waals surface area (Å²) in [5, 5.41) is 6.89. The molecule has 2 aromatic rings. The van der Waals surface area contributed by atoms with Gasteiger partial charge in [-0.2, -0.15) is 0 Å². The fourth-order valence-electron chi connectivity index (χ4n) is 2.70. The van der Waals surface area contributed by atoms with E-state index in [9.17, 15) is 9.59 Å². The number of ether oxygens (including phenoxy) is 2. The molecule has 133 valence electrons. The predicted molar refractivity (Wildman–Crippen MR) is 96.4 cm³/mol. The summed E-state index contributed by atoms with van der Waals surface area (Å²) < 4.78 is 9.99. The van der Waals surface area contributed by atoms with Gasteiger partial charge in [0, 0.05) is 18.2 Å². The van der Waals surface area contributed by atoms with Gasteiger partial charge >= 0.3 is 12.1 Å². The maximum atomic E-state index is 12.1. The van der Waals surface area contributed by atoms with Gasteiger partial charge in [0.05, 0.1) is 12.8 Å². The second-order valence-corrected chi connectivity index (χ2v) is 5.79. The summed E-state index contributed by atoms with van der Waals surface area (Å²) in [6.07, 6.45) is 1.30. The minimum atomic E-state index is -0.851. The van der Waals surface area contributed by atoms with Crippen LogP contribution in [0.2, 0.25) is 0 Å². The summed E-state index contributed by atoms with van der Waals surface area (Å²) in [7, 11) is 1.29. The van der Waals surface area contributed by atoms with Gasteiger partial charge in [0.15, 0.2) is 0 Å². The van der Waals surface area contributed by atoms with E-state index in [0.717, 1.165) is 22.4 Å². The highest BCUT2D eigenvalue weighted by Gasteiger charge is 2.26. The fourth-order valence-corrected chi connectivity index (χ4v) is 2.70. The molecule has 1 aliphatic rings. The van der Waals surface area contributed by atoms with Crippen molar-refractivity contribution in [2.24, 2.45) is 0 Å². The number of fused-ring (bicyclic) bond motifs is 1. The molecule has 3 rings (SSSR count). The maximum Gasteiger partial charge on any atom is 0.408 e. The number of para-hydroxylation sites is 1. The fraction of sp³-hybridized carbons (Fsp3) is 0.200. The van der Waals surface area contributed by atoms with Crippen molar-refractivity contribution in [3.05, 3.63) is 71.9 Å². The van der Waals surface area contributed by atoms with E-state index in [4.69, 9.17) is 9.47 Å². The zero-order valence-electron chi connectivity index (χ0n) is 14.3. The summed E-state index contributed by atoms with van der Waals surface area (Å²) in [5.41, 5.74) is 3.52. The van der Waals surface area contributed by atoms with E-state index in [0.29, 0.717) is 0 Å². The van der Waals surface area contributed by atoms with E-state index in [2.05, 4.69) is 10.6 Å². The standard InChI is InChI=1S/C20H19N2O4/c1-25-19(23)18(11-15-12-21-17-10-6-5-9-16(15)17)22-20(24)26-13-14-7-3-2-4-8-14/h2-10,12,18H,11,13H2,1H3,(H,22,24)/t18-/m0/s1. The van der Waals surface area contributed by atoms with Gasteiger partial charge < -0.3 is 14.8 Å². The number of hydrogen-bond donors (Lipinski definition) is 1. The van der Waals surface area contributed by atoms with Crippen molar-refractivity contribution >= 4 is 23.3 Å². The normalized spacial score (nSPS) is 13.0. The molecule has 1 heterocycles. The number of nitrogens with one attached hydrogen (secondary N) is 1. The molecule has 0 aromatic heterocycles. The van der Waals surface area contributed by atoms with E-state index in [1.54, 1.807) is 6.20 Å². The molecule has 0 unspecified atom stereocenters. The molecular weight excluding hydrogens is 332 g/mol. The number of esters is 1. The zero-order chi connectivity index (χ0) is 18.4. The monoisotopic (exact) mass is 351 g/mol. The topological polar surface area (TPSA) is 78.7 Å². The Bertz CT molecular complexity index is 818. The second kappa shape index (κ2) is 8.20. The van der Waals surface area contributed by atoms with Crippen molar-refractivity contribution < 1.29 is 19.1 Å². The van der Waals surface area contributed by atoms with Crippen LogP contribution in [0.15, 0.2) is 60.8 Å². The van der Waals surface area contributed by atoms with Crippen molar-refractivity contribution in [2.45, 2.75) is 19.1 Å². The van der Waals surface area contributed by atoms with Crippen molar-refractivity contribution in [1.29, 1.82) is 0 Å². The van der Waals surface area contributed by atoms with E-state index in [1.807, 2.05) is 54.6 Å². The molecule has 0 saturated heterocycles. The molecule has 1 radical (unpaired) electrons. The maximum absolute atomic E-state index is 12.1. The van der Waals surface area contributed by atoms with Crippen molar-refractivity contribution in [2.75, 3.05) is 7.11 Å². The molecule has 6 heteroatoms. The lowest BCUT2D eigenvalue weighted by atomic mass is 10.0. The Morgan fingerprint density at radius 3 is 2.58 bits per heavy atom. The van der Waals surface area contributed by atoms with Gasteiger partial charge in [-0.1, -0.05) is 48.5 Å². The van der Waals surface area contributed by atoms with Crippen molar-refractivity contribution in [1.82, 2.24) is 10.6 Å². The third-order valence-corrected chi connectivity index (χ3v) is 4.02. The quantitative estimate of drug-likeness (QED) is 0.811. The van der Waals surface area contributed by atoms with Crippen molar-refractivity contribution in [3.63, 3.8) is 0 Å². The Morgan fingerprint density at radius 2 is 1.81 bits per heavy atom. The van der Waals surface area contributed by atoms with E-state index in [1.165, 1.54) is 7.11 Å². The number of amides is 1. The lowest BCUT2D eigenvalue weighted by Crippen LogP contribution is -2.41. The van der Waals surface area contributed by atoms with Crippen LogP contribution in [0.25, 0.3) is 5.57 Å². The van der Waals surface area contributed by atoms with E-state index in [-0.39, 0.29) is 13.0 Å². The largest absolute Gasteiger partial charge is 0.467 e. The van der Waals surface area contributed by atoms with Crippen LogP contribution in [-0.4, -0.2) is 25.2 Å². The third kappa shape index (κ3) is 4.22. The first-order valence-electron chi connectivity index (χ1n) is 8.21. The smallest absolute Gasteiger partial charge is 0.408 e. The Kier molecular flexibility index (Phi) is 5.53. The SMILES string of the molecule is COC(=O)[C@H](CC1=C[N]c2ccccc21)NC(=O)OCc1ccccc1. The predicted octanol–water partition coefficient (Wildman–Crippen LogP) is 3.14. The highest BCUT2D eigenvalue weighted by molar-refractivity contribution is 5.86. The van der Waals surface area contributed by atoms with Gasteiger partial charge in [0.25, 0.3) is 0 Å². The number of rotatable bonds is 6. The van der Waals surface area contributed by atoms with E-state index < -0.39 is 18.1 Å². The van der Waals surface area contributed by atoms with Gasteiger partial charge in [0.2, 0.25) is 0 Å². The van der Waals surface area contributed by atoms with Gasteiger partial charge in [-0.3, -0.25) is 5.32 Å². The third-order valence-electron chi connectivity index (χ3n) is 4.02. The molecule has 1 atom stereocenters. The Labute approximate surface area is 151 Å². The number of alkyl carbamates (subject to hydrolysis) is 1. The summed E-state index contributed by atoms with van der Waals surface area (Å²) >= 11 is 0. The summed E-state index contributed by atoms with van der Waals surface area (Å²) in [4.78, 5) is 24.2. The first-order valence-corrected chi connectivity index (χ1v) is 8.21. The molecule has 0 aliphatic carbocycles. The molecule has 0 spiro atoms. The van der Waals surface area contributed by atoms with Gasteiger partial charge in [0.1, 0.15) is 12.6 Å². The minimum Gasteiger partial charge on any atom is -0.467 e. The summed E-state index contributed by atoms with van der Waals surface area (Å²) in [5.74, 6) is -0.535. The van der Waals surface area contributed by atoms with Crippen LogP contribution in [0, 0.1) is 0 Å². The molecule has 26 heavy (non-hydrogen) atoms. The highest BCUT2D eigenvalue weighted by Crippen LogP contribution is 2.32. The number of carbonyl (C=O) groups is 2. The van der Waals surface area contributed by atoms with Crippen LogP contribution in [-0.2, 0) is 20.9 Å². The second-order valence-electron chi connectivity index (χ2n) is 5.79. The first-order chi connectivity index (χ1) is 12.7. The van der Waals surface area contributed by atoms with Gasteiger partial charge in [-0.15, -0.1) is 0 Å². The van der Waals surface area contributed by atoms with Gasteiger partial charge in [-0.05, 0) is 17.2 Å².